The van der Waals surface area contributed by atoms with Crippen LogP contribution in [-0.4, -0.2) is 32.3 Å². The maximum Gasteiger partial charge on any atom is 0.264 e. The number of fused-ring (bicyclic) bond motifs is 1. The number of amides is 1. The van der Waals surface area contributed by atoms with Crippen molar-refractivity contribution in [1.82, 2.24) is 4.90 Å². The summed E-state index contributed by atoms with van der Waals surface area (Å²) in [5.41, 5.74) is 3.15. The predicted molar refractivity (Wildman–Crippen MR) is 118 cm³/mol. The molecule has 0 aromatic heterocycles. The molecule has 0 radical (unpaired) electrons. The molecule has 4 rings (SSSR count). The van der Waals surface area contributed by atoms with E-state index in [0.29, 0.717) is 24.2 Å². The summed E-state index contributed by atoms with van der Waals surface area (Å²) in [5.74, 6) is -0.0846. The van der Waals surface area contributed by atoms with Gasteiger partial charge in [-0.1, -0.05) is 48.5 Å². The summed E-state index contributed by atoms with van der Waals surface area (Å²) in [6, 6.07) is 23.4. The van der Waals surface area contributed by atoms with Crippen LogP contribution >= 0.6 is 0 Å². The third-order valence-electron chi connectivity index (χ3n) is 5.39. The van der Waals surface area contributed by atoms with Crippen LogP contribution in [0.2, 0.25) is 0 Å². The molecule has 6 heteroatoms. The van der Waals surface area contributed by atoms with Gasteiger partial charge in [-0.05, 0) is 54.8 Å². The summed E-state index contributed by atoms with van der Waals surface area (Å²) < 4.78 is 27.8. The Kier molecular flexibility index (Phi) is 5.35. The van der Waals surface area contributed by atoms with Gasteiger partial charge in [-0.3, -0.25) is 9.10 Å². The van der Waals surface area contributed by atoms with Crippen molar-refractivity contribution in [1.29, 1.82) is 0 Å². The molecule has 0 fully saturated rings. The van der Waals surface area contributed by atoms with E-state index in [2.05, 4.69) is 0 Å². The first kappa shape index (κ1) is 20.2. The van der Waals surface area contributed by atoms with Gasteiger partial charge in [0.15, 0.2) is 0 Å². The van der Waals surface area contributed by atoms with Gasteiger partial charge in [0.2, 0.25) is 0 Å². The van der Waals surface area contributed by atoms with Gasteiger partial charge in [-0.15, -0.1) is 0 Å². The van der Waals surface area contributed by atoms with Crippen LogP contribution in [0.5, 0.6) is 0 Å². The molecule has 1 aliphatic rings. The molecule has 0 aliphatic carbocycles. The molecule has 1 amide bonds. The van der Waals surface area contributed by atoms with E-state index in [9.17, 15) is 13.2 Å². The zero-order valence-corrected chi connectivity index (χ0v) is 17.8. The van der Waals surface area contributed by atoms with Gasteiger partial charge in [0, 0.05) is 25.2 Å². The van der Waals surface area contributed by atoms with E-state index in [1.807, 2.05) is 43.3 Å². The molecule has 1 heterocycles. The van der Waals surface area contributed by atoms with Gasteiger partial charge in [0.1, 0.15) is 0 Å². The van der Waals surface area contributed by atoms with Crippen molar-refractivity contribution in [2.75, 3.05) is 11.4 Å². The largest absolute Gasteiger partial charge is 0.337 e. The summed E-state index contributed by atoms with van der Waals surface area (Å²) in [6.45, 7) is 2.41. The van der Waals surface area contributed by atoms with Crippen molar-refractivity contribution in [3.63, 3.8) is 0 Å². The fraction of sp³-hybridized carbons (Fsp3) is 0.208. The number of sulfonamides is 1. The zero-order chi connectivity index (χ0) is 21.3. The van der Waals surface area contributed by atoms with Gasteiger partial charge >= 0.3 is 0 Å². The van der Waals surface area contributed by atoms with Gasteiger partial charge in [-0.2, -0.15) is 0 Å². The Morgan fingerprint density at radius 2 is 1.63 bits per heavy atom. The molecule has 1 aliphatic heterocycles. The molecule has 0 unspecified atom stereocenters. The lowest BCUT2D eigenvalue weighted by atomic mass is 10.1. The van der Waals surface area contributed by atoms with Crippen molar-refractivity contribution in [2.45, 2.75) is 30.8 Å². The molecule has 0 saturated carbocycles. The smallest absolute Gasteiger partial charge is 0.264 e. The number of nitrogens with zero attached hydrogens (tertiary/aromatic N) is 2. The number of carbonyl (C=O) groups is 1. The van der Waals surface area contributed by atoms with E-state index < -0.39 is 10.0 Å². The van der Waals surface area contributed by atoms with Crippen LogP contribution < -0.4 is 4.31 Å². The molecule has 154 valence electrons. The SMILES string of the molecule is C[C@@H]1Cc2cc(C(=O)N(C)Cc3ccccc3)ccc2N1S(=O)(=O)c1ccccc1. The molecule has 3 aromatic carbocycles. The number of benzene rings is 3. The lowest BCUT2D eigenvalue weighted by molar-refractivity contribution is 0.0785. The minimum Gasteiger partial charge on any atom is -0.337 e. The van der Waals surface area contributed by atoms with E-state index in [1.54, 1.807) is 54.4 Å². The highest BCUT2D eigenvalue weighted by atomic mass is 32.2. The second-order valence-electron chi connectivity index (χ2n) is 7.66. The van der Waals surface area contributed by atoms with Crippen molar-refractivity contribution in [3.05, 3.63) is 95.6 Å². The summed E-state index contributed by atoms with van der Waals surface area (Å²) in [6.07, 6.45) is 0.574. The summed E-state index contributed by atoms with van der Waals surface area (Å²) in [4.78, 5) is 14.9. The van der Waals surface area contributed by atoms with Gasteiger partial charge in [0.05, 0.1) is 10.6 Å². The third-order valence-corrected chi connectivity index (χ3v) is 7.33. The van der Waals surface area contributed by atoms with Crippen molar-refractivity contribution >= 4 is 21.6 Å². The summed E-state index contributed by atoms with van der Waals surface area (Å²) >= 11 is 0. The Hall–Kier alpha value is -3.12. The first-order chi connectivity index (χ1) is 14.4. The highest BCUT2D eigenvalue weighted by molar-refractivity contribution is 7.92. The first-order valence-corrected chi connectivity index (χ1v) is 11.3. The molecule has 0 N–H and O–H groups in total. The maximum absolute atomic E-state index is 13.2. The summed E-state index contributed by atoms with van der Waals surface area (Å²) in [5, 5.41) is 0. The van der Waals surface area contributed by atoms with Crippen LogP contribution in [0.1, 0.15) is 28.4 Å². The average Bonchev–Trinajstić information content (AvgIpc) is 3.10. The first-order valence-electron chi connectivity index (χ1n) is 9.90. The molecule has 0 bridgehead atoms. The van der Waals surface area contributed by atoms with Crippen molar-refractivity contribution in [3.8, 4) is 0 Å². The van der Waals surface area contributed by atoms with Crippen LogP contribution in [0.4, 0.5) is 5.69 Å². The van der Waals surface area contributed by atoms with Gasteiger partial charge in [-0.25, -0.2) is 8.42 Å². The second kappa shape index (κ2) is 7.95. The van der Waals surface area contributed by atoms with E-state index in [-0.39, 0.29) is 16.8 Å². The molecule has 1 atom stereocenters. The zero-order valence-electron chi connectivity index (χ0n) is 17.0. The highest BCUT2D eigenvalue weighted by Crippen LogP contribution is 2.37. The standard InChI is InChI=1S/C24H24N2O3S/c1-18-15-21-16-20(24(27)25(2)17-19-9-5-3-6-10-19)13-14-23(21)26(18)30(28,29)22-11-7-4-8-12-22/h3-14,16,18H,15,17H2,1-2H3/t18-/m1/s1. The Morgan fingerprint density at radius 1 is 1.00 bits per heavy atom. The fourth-order valence-corrected chi connectivity index (χ4v) is 5.67. The molecule has 0 saturated heterocycles. The minimum absolute atomic E-state index is 0.0846. The number of anilines is 1. The molecular formula is C24H24N2O3S. The lowest BCUT2D eigenvalue weighted by Gasteiger charge is -2.24. The topological polar surface area (TPSA) is 57.7 Å². The quantitative estimate of drug-likeness (QED) is 0.624. The minimum atomic E-state index is -3.65. The second-order valence-corrected chi connectivity index (χ2v) is 9.47. The number of hydrogen-bond donors (Lipinski definition) is 0. The van der Waals surface area contributed by atoms with E-state index in [1.165, 1.54) is 4.31 Å². The number of carbonyl (C=O) groups excluding carboxylic acids is 1. The van der Waals surface area contributed by atoms with E-state index in [4.69, 9.17) is 0 Å². The maximum atomic E-state index is 13.2. The van der Waals surface area contributed by atoms with Crippen LogP contribution in [0.15, 0.2) is 83.8 Å². The van der Waals surface area contributed by atoms with Gasteiger partial charge < -0.3 is 4.90 Å². The number of hydrogen-bond acceptors (Lipinski definition) is 3. The van der Waals surface area contributed by atoms with Crippen LogP contribution in [0, 0.1) is 0 Å². The average molecular weight is 421 g/mol. The molecule has 30 heavy (non-hydrogen) atoms. The predicted octanol–water partition coefficient (Wildman–Crippen LogP) is 4.10. The van der Waals surface area contributed by atoms with E-state index >= 15 is 0 Å². The Bertz CT molecular complexity index is 1160. The van der Waals surface area contributed by atoms with Crippen LogP contribution in [0.25, 0.3) is 0 Å². The van der Waals surface area contributed by atoms with Crippen LogP contribution in [-0.2, 0) is 23.0 Å². The Morgan fingerprint density at radius 3 is 2.30 bits per heavy atom. The molecular weight excluding hydrogens is 396 g/mol. The monoisotopic (exact) mass is 420 g/mol. The van der Waals surface area contributed by atoms with Crippen molar-refractivity contribution in [2.24, 2.45) is 0 Å². The Labute approximate surface area is 177 Å². The summed E-state index contributed by atoms with van der Waals surface area (Å²) in [7, 11) is -1.88. The van der Waals surface area contributed by atoms with Crippen molar-refractivity contribution < 1.29 is 13.2 Å². The molecule has 5 nitrogen and oxygen atoms in total. The lowest BCUT2D eigenvalue weighted by Crippen LogP contribution is -2.35. The molecule has 3 aromatic rings. The fourth-order valence-electron chi connectivity index (χ4n) is 3.96. The van der Waals surface area contributed by atoms with E-state index in [0.717, 1.165) is 11.1 Å². The normalized spacial score (nSPS) is 15.7. The highest BCUT2D eigenvalue weighted by Gasteiger charge is 2.36. The molecule has 0 spiro atoms. The van der Waals surface area contributed by atoms with Gasteiger partial charge in [0.25, 0.3) is 15.9 Å². The number of rotatable bonds is 5. The van der Waals surface area contributed by atoms with Crippen LogP contribution in [0.3, 0.4) is 0 Å². The Balaban J connectivity index is 1.60. The third kappa shape index (κ3) is 3.71.